The number of rotatable bonds is 2. The first-order valence-corrected chi connectivity index (χ1v) is 9.76. The van der Waals surface area contributed by atoms with Gasteiger partial charge in [-0.15, -0.1) is 0 Å². The van der Waals surface area contributed by atoms with Crippen LogP contribution in [0.4, 0.5) is 5.69 Å². The smallest absolute Gasteiger partial charge is 0.270 e. The van der Waals surface area contributed by atoms with Gasteiger partial charge in [-0.2, -0.15) is 5.26 Å². The molecule has 2 aromatic carbocycles. The van der Waals surface area contributed by atoms with E-state index in [1.54, 1.807) is 0 Å². The van der Waals surface area contributed by atoms with Crippen LogP contribution >= 0.6 is 15.9 Å². The van der Waals surface area contributed by atoms with Crippen molar-refractivity contribution in [2.45, 2.75) is 6.42 Å². The average Bonchev–Trinajstić information content (AvgIpc) is 2.95. The largest absolute Gasteiger partial charge is 0.370 e. The first kappa shape index (κ1) is 17.6. The number of nitrogens with zero attached hydrogens (tertiary/aromatic N) is 3. The molecule has 0 radical (unpaired) electrons. The zero-order valence-electron chi connectivity index (χ0n) is 14.8. The summed E-state index contributed by atoms with van der Waals surface area (Å²) in [5.74, 6) is 0.0454. The fourth-order valence-electron chi connectivity index (χ4n) is 3.51. The number of hydrogen-bond donors (Lipinski definition) is 1. The number of nitrogens with one attached hydrogen (secondary N) is 1. The fourth-order valence-corrected chi connectivity index (χ4v) is 3.87. The van der Waals surface area contributed by atoms with E-state index in [0.717, 1.165) is 47.1 Å². The topological polar surface area (TPSA) is 63.1 Å². The van der Waals surface area contributed by atoms with Crippen molar-refractivity contribution in [3.8, 4) is 6.07 Å². The molecule has 1 fully saturated rings. The molecule has 136 valence electrons. The Kier molecular flexibility index (Phi) is 4.87. The van der Waals surface area contributed by atoms with Crippen LogP contribution in [0.1, 0.15) is 22.5 Å². The maximum atomic E-state index is 13.0. The van der Waals surface area contributed by atoms with Gasteiger partial charge in [0.15, 0.2) is 0 Å². The Morgan fingerprint density at radius 1 is 1.04 bits per heavy atom. The zero-order valence-corrected chi connectivity index (χ0v) is 16.4. The number of halogens is 1. The monoisotopic (exact) mass is 422 g/mol. The quantitative estimate of drug-likeness (QED) is 0.674. The predicted molar refractivity (Wildman–Crippen MR) is 110 cm³/mol. The highest BCUT2D eigenvalue weighted by atomic mass is 79.9. The number of hydrogen-bond acceptors (Lipinski definition) is 3. The highest BCUT2D eigenvalue weighted by Gasteiger charge is 2.22. The molecule has 27 heavy (non-hydrogen) atoms. The van der Waals surface area contributed by atoms with Gasteiger partial charge in [0.05, 0.1) is 11.6 Å². The lowest BCUT2D eigenvalue weighted by Gasteiger charge is -2.23. The van der Waals surface area contributed by atoms with Crippen molar-refractivity contribution >= 4 is 38.4 Å². The molecule has 1 N–H and O–H groups in total. The molecule has 1 aliphatic heterocycles. The Labute approximate surface area is 166 Å². The molecular weight excluding hydrogens is 404 g/mol. The molecule has 1 amide bonds. The van der Waals surface area contributed by atoms with Crippen LogP contribution in [0, 0.1) is 11.3 Å². The van der Waals surface area contributed by atoms with Gasteiger partial charge in [0.1, 0.15) is 5.69 Å². The fraction of sp³-hybridized carbons (Fsp3) is 0.238. The van der Waals surface area contributed by atoms with E-state index >= 15 is 0 Å². The van der Waals surface area contributed by atoms with Crippen molar-refractivity contribution in [3.05, 3.63) is 64.3 Å². The number of anilines is 1. The van der Waals surface area contributed by atoms with Crippen LogP contribution < -0.4 is 4.90 Å². The third kappa shape index (κ3) is 3.69. The Balaban J connectivity index is 1.48. The van der Waals surface area contributed by atoms with Gasteiger partial charge < -0.3 is 14.8 Å². The van der Waals surface area contributed by atoms with Gasteiger partial charge >= 0.3 is 0 Å². The van der Waals surface area contributed by atoms with Crippen LogP contribution in [0.25, 0.3) is 10.9 Å². The lowest BCUT2D eigenvalue weighted by molar-refractivity contribution is 0.0762. The first-order valence-electron chi connectivity index (χ1n) is 8.97. The first-order chi connectivity index (χ1) is 13.1. The second kappa shape index (κ2) is 7.45. The molecule has 0 atom stereocenters. The molecule has 0 saturated carbocycles. The summed E-state index contributed by atoms with van der Waals surface area (Å²) in [7, 11) is 0. The summed E-state index contributed by atoms with van der Waals surface area (Å²) in [5, 5.41) is 9.98. The summed E-state index contributed by atoms with van der Waals surface area (Å²) in [6, 6.07) is 17.7. The Bertz CT molecular complexity index is 1020. The molecular formula is C21H19BrN4O. The predicted octanol–water partition coefficient (Wildman–Crippen LogP) is 4.15. The number of carbonyl (C=O) groups is 1. The number of fused-ring (bicyclic) bond motifs is 1. The number of aromatic nitrogens is 1. The Morgan fingerprint density at radius 2 is 1.85 bits per heavy atom. The highest BCUT2D eigenvalue weighted by Crippen LogP contribution is 2.22. The molecule has 1 aliphatic rings. The molecule has 4 rings (SSSR count). The summed E-state index contributed by atoms with van der Waals surface area (Å²) >= 11 is 3.46. The van der Waals surface area contributed by atoms with Gasteiger partial charge in [-0.25, -0.2) is 0 Å². The summed E-state index contributed by atoms with van der Waals surface area (Å²) in [6.07, 6.45) is 0.914. The lowest BCUT2D eigenvalue weighted by atomic mass is 10.2. The number of carbonyl (C=O) groups excluding carboxylic acids is 1. The SMILES string of the molecule is N#Cc1ccc(N2CCCN(C(=O)c3cc4ccc(Br)cc4[nH]3)CC2)cc1. The van der Waals surface area contributed by atoms with Gasteiger partial charge in [0.25, 0.3) is 5.91 Å². The minimum Gasteiger partial charge on any atom is -0.370 e. The van der Waals surface area contributed by atoms with Gasteiger partial charge in [-0.3, -0.25) is 4.79 Å². The van der Waals surface area contributed by atoms with Gasteiger partial charge in [-0.05, 0) is 48.9 Å². The van der Waals surface area contributed by atoms with Crippen LogP contribution in [-0.2, 0) is 0 Å². The number of H-pyrrole nitrogens is 1. The Morgan fingerprint density at radius 3 is 2.63 bits per heavy atom. The third-order valence-electron chi connectivity index (χ3n) is 4.96. The van der Waals surface area contributed by atoms with E-state index in [0.29, 0.717) is 17.8 Å². The molecule has 0 unspecified atom stereocenters. The third-order valence-corrected chi connectivity index (χ3v) is 5.45. The minimum absolute atomic E-state index is 0.0454. The van der Waals surface area contributed by atoms with Crippen LogP contribution in [0.15, 0.2) is 53.0 Å². The van der Waals surface area contributed by atoms with E-state index < -0.39 is 0 Å². The van der Waals surface area contributed by atoms with Crippen LogP contribution in [-0.4, -0.2) is 42.0 Å². The van der Waals surface area contributed by atoms with E-state index in [1.807, 2.05) is 53.4 Å². The molecule has 1 saturated heterocycles. The standard InChI is InChI=1S/C21H19BrN4O/c22-17-5-4-16-12-20(24-19(16)13-17)21(27)26-9-1-8-25(10-11-26)18-6-2-15(14-23)3-7-18/h2-7,12-13,24H,1,8-11H2. The van der Waals surface area contributed by atoms with Crippen molar-refractivity contribution < 1.29 is 4.79 Å². The molecule has 2 heterocycles. The second-order valence-corrected chi connectivity index (χ2v) is 7.62. The van der Waals surface area contributed by atoms with Crippen molar-refractivity contribution in [3.63, 3.8) is 0 Å². The second-order valence-electron chi connectivity index (χ2n) is 6.71. The van der Waals surface area contributed by atoms with E-state index in [4.69, 9.17) is 5.26 Å². The molecule has 1 aromatic heterocycles. The van der Waals surface area contributed by atoms with Crippen molar-refractivity contribution in [1.29, 1.82) is 5.26 Å². The molecule has 6 heteroatoms. The van der Waals surface area contributed by atoms with Crippen LogP contribution in [0.2, 0.25) is 0 Å². The maximum absolute atomic E-state index is 13.0. The normalized spacial score (nSPS) is 14.8. The van der Waals surface area contributed by atoms with Gasteiger partial charge in [-0.1, -0.05) is 22.0 Å². The van der Waals surface area contributed by atoms with Crippen LogP contribution in [0.3, 0.4) is 0 Å². The number of benzene rings is 2. The van der Waals surface area contributed by atoms with Crippen molar-refractivity contribution in [2.75, 3.05) is 31.1 Å². The van der Waals surface area contributed by atoms with Crippen molar-refractivity contribution in [2.24, 2.45) is 0 Å². The van der Waals surface area contributed by atoms with Gasteiger partial charge in [0.2, 0.25) is 0 Å². The minimum atomic E-state index is 0.0454. The lowest BCUT2D eigenvalue weighted by Crippen LogP contribution is -2.35. The van der Waals surface area contributed by atoms with E-state index in [9.17, 15) is 4.79 Å². The summed E-state index contributed by atoms with van der Waals surface area (Å²) in [4.78, 5) is 20.4. The van der Waals surface area contributed by atoms with E-state index in [1.165, 1.54) is 0 Å². The van der Waals surface area contributed by atoms with E-state index in [-0.39, 0.29) is 5.91 Å². The maximum Gasteiger partial charge on any atom is 0.270 e. The molecule has 0 aliphatic carbocycles. The van der Waals surface area contributed by atoms with Gasteiger partial charge in [0, 0.05) is 47.2 Å². The van der Waals surface area contributed by atoms with E-state index in [2.05, 4.69) is 31.9 Å². The molecule has 0 spiro atoms. The molecule has 0 bridgehead atoms. The summed E-state index contributed by atoms with van der Waals surface area (Å²) in [5.41, 5.74) is 3.35. The number of aromatic amines is 1. The molecule has 3 aromatic rings. The zero-order chi connectivity index (χ0) is 18.8. The summed E-state index contributed by atoms with van der Waals surface area (Å²) < 4.78 is 0.990. The van der Waals surface area contributed by atoms with Crippen LogP contribution in [0.5, 0.6) is 0 Å². The number of nitriles is 1. The number of amides is 1. The average molecular weight is 423 g/mol. The Hall–Kier alpha value is -2.78. The highest BCUT2D eigenvalue weighted by molar-refractivity contribution is 9.10. The summed E-state index contributed by atoms with van der Waals surface area (Å²) in [6.45, 7) is 3.10. The molecule has 5 nitrogen and oxygen atoms in total. The van der Waals surface area contributed by atoms with Crippen molar-refractivity contribution in [1.82, 2.24) is 9.88 Å².